The maximum Gasteiger partial charge on any atom is 0.240 e. The fourth-order valence-electron chi connectivity index (χ4n) is 4.00. The van der Waals surface area contributed by atoms with Crippen LogP contribution in [0.1, 0.15) is 47.0 Å². The predicted molar refractivity (Wildman–Crippen MR) is 86.6 cm³/mol. The zero-order valence-corrected chi connectivity index (χ0v) is 14.1. The topological polar surface area (TPSA) is 72.2 Å². The Morgan fingerprint density at radius 1 is 1.10 bits per heavy atom. The number of hydrogen-bond donors (Lipinski definition) is 2. The van der Waals surface area contributed by atoms with Crippen molar-refractivity contribution in [2.45, 2.75) is 57.9 Å². The van der Waals surface area contributed by atoms with Gasteiger partial charge in [0.25, 0.3) is 0 Å². The van der Waals surface area contributed by atoms with Crippen LogP contribution in [-0.2, 0) is 10.0 Å². The summed E-state index contributed by atoms with van der Waals surface area (Å²) in [5.41, 5.74) is 1.10. The molecule has 0 atom stereocenters. The number of rotatable bonds is 3. The van der Waals surface area contributed by atoms with Crippen molar-refractivity contribution >= 4 is 15.7 Å². The second kappa shape index (κ2) is 5.29. The van der Waals surface area contributed by atoms with Gasteiger partial charge in [-0.25, -0.2) is 13.6 Å². The molecule has 1 aliphatic carbocycles. The van der Waals surface area contributed by atoms with Crippen molar-refractivity contribution in [3.8, 4) is 0 Å². The van der Waals surface area contributed by atoms with Crippen LogP contribution in [0.2, 0.25) is 0 Å². The molecule has 3 N–H and O–H groups in total. The van der Waals surface area contributed by atoms with E-state index in [0.29, 0.717) is 5.69 Å². The maximum absolute atomic E-state index is 11.7. The minimum Gasteiger partial charge on any atom is -0.381 e. The first-order valence-electron chi connectivity index (χ1n) is 7.37. The SMILES string of the molecule is CC1(C)CC(Nc2ccccc2S(N)(=O)=O)CC(C)(C)C1. The van der Waals surface area contributed by atoms with E-state index in [9.17, 15) is 8.42 Å². The van der Waals surface area contributed by atoms with Crippen LogP contribution in [-0.4, -0.2) is 14.5 Å². The molecular weight excluding hydrogens is 284 g/mol. The third-order valence-electron chi connectivity index (χ3n) is 4.11. The van der Waals surface area contributed by atoms with Gasteiger partial charge in [-0.15, -0.1) is 0 Å². The molecule has 0 amide bonds. The molecule has 1 aromatic rings. The third-order valence-corrected chi connectivity index (χ3v) is 5.08. The molecule has 118 valence electrons. The number of para-hydroxylation sites is 1. The first-order chi connectivity index (χ1) is 9.49. The lowest BCUT2D eigenvalue weighted by Crippen LogP contribution is -2.40. The molecule has 1 aliphatic rings. The van der Waals surface area contributed by atoms with Crippen LogP contribution in [0.25, 0.3) is 0 Å². The van der Waals surface area contributed by atoms with E-state index in [2.05, 4.69) is 33.0 Å². The molecule has 4 nitrogen and oxygen atoms in total. The van der Waals surface area contributed by atoms with Crippen molar-refractivity contribution < 1.29 is 8.42 Å². The van der Waals surface area contributed by atoms with E-state index in [-0.39, 0.29) is 21.8 Å². The van der Waals surface area contributed by atoms with E-state index in [1.54, 1.807) is 18.2 Å². The molecule has 1 saturated carbocycles. The maximum atomic E-state index is 11.7. The summed E-state index contributed by atoms with van der Waals surface area (Å²) in [6, 6.07) is 7.12. The molecule has 1 fully saturated rings. The smallest absolute Gasteiger partial charge is 0.240 e. The van der Waals surface area contributed by atoms with Crippen LogP contribution in [0.15, 0.2) is 29.2 Å². The first-order valence-corrected chi connectivity index (χ1v) is 8.92. The number of primary sulfonamides is 1. The largest absolute Gasteiger partial charge is 0.381 e. The molecule has 0 unspecified atom stereocenters. The molecule has 0 bridgehead atoms. The first kappa shape index (κ1) is 16.3. The van der Waals surface area contributed by atoms with E-state index >= 15 is 0 Å². The Morgan fingerprint density at radius 2 is 1.62 bits per heavy atom. The zero-order valence-electron chi connectivity index (χ0n) is 13.3. The second-order valence-electron chi connectivity index (χ2n) is 7.80. The number of hydrogen-bond acceptors (Lipinski definition) is 3. The Kier molecular flexibility index (Phi) is 4.10. The summed E-state index contributed by atoms with van der Waals surface area (Å²) >= 11 is 0. The van der Waals surface area contributed by atoms with Crippen molar-refractivity contribution in [2.24, 2.45) is 16.0 Å². The average molecular weight is 310 g/mol. The highest BCUT2D eigenvalue weighted by molar-refractivity contribution is 7.89. The Hall–Kier alpha value is -1.07. The highest BCUT2D eigenvalue weighted by Crippen LogP contribution is 2.46. The summed E-state index contributed by atoms with van der Waals surface area (Å²) < 4.78 is 23.4. The molecule has 1 aromatic carbocycles. The minimum absolute atomic E-state index is 0.172. The zero-order chi connectivity index (χ0) is 15.9. The van der Waals surface area contributed by atoms with Gasteiger partial charge in [-0.2, -0.15) is 0 Å². The lowest BCUT2D eigenvalue weighted by molar-refractivity contribution is 0.105. The van der Waals surface area contributed by atoms with Crippen LogP contribution >= 0.6 is 0 Å². The lowest BCUT2D eigenvalue weighted by Gasteiger charge is -2.45. The molecule has 0 aliphatic heterocycles. The summed E-state index contributed by atoms with van der Waals surface area (Å²) in [4.78, 5) is 0.172. The van der Waals surface area contributed by atoms with Crippen molar-refractivity contribution in [1.82, 2.24) is 0 Å². The molecule has 0 spiro atoms. The third kappa shape index (κ3) is 4.20. The molecule has 5 heteroatoms. The minimum atomic E-state index is -3.70. The Bertz CT molecular complexity index is 605. The van der Waals surface area contributed by atoms with Crippen molar-refractivity contribution in [2.75, 3.05) is 5.32 Å². The lowest BCUT2D eigenvalue weighted by atomic mass is 9.63. The molecule has 0 radical (unpaired) electrons. The van der Waals surface area contributed by atoms with Crippen LogP contribution in [0.3, 0.4) is 0 Å². The van der Waals surface area contributed by atoms with E-state index in [1.807, 2.05) is 6.07 Å². The van der Waals surface area contributed by atoms with E-state index in [4.69, 9.17) is 5.14 Å². The molecule has 2 rings (SSSR count). The van der Waals surface area contributed by atoms with Gasteiger partial charge in [-0.1, -0.05) is 39.8 Å². The number of anilines is 1. The number of sulfonamides is 1. The highest BCUT2D eigenvalue weighted by Gasteiger charge is 2.38. The van der Waals surface area contributed by atoms with Crippen molar-refractivity contribution in [1.29, 1.82) is 0 Å². The molecule has 0 aromatic heterocycles. The van der Waals surface area contributed by atoms with Gasteiger partial charge in [0.2, 0.25) is 10.0 Å². The molecule has 0 heterocycles. The molecule has 0 saturated heterocycles. The van der Waals surface area contributed by atoms with E-state index in [0.717, 1.165) is 12.8 Å². The molecule has 21 heavy (non-hydrogen) atoms. The summed E-state index contributed by atoms with van der Waals surface area (Å²) in [6.45, 7) is 9.09. The number of nitrogens with one attached hydrogen (secondary N) is 1. The molecular formula is C16H26N2O2S. The normalized spacial score (nSPS) is 22.0. The van der Waals surface area contributed by atoms with Gasteiger partial charge in [0.05, 0.1) is 5.69 Å². The number of benzene rings is 1. The predicted octanol–water partition coefficient (Wildman–Crippen LogP) is 3.35. The van der Waals surface area contributed by atoms with Crippen LogP contribution in [0.4, 0.5) is 5.69 Å². The van der Waals surface area contributed by atoms with E-state index < -0.39 is 10.0 Å². The Morgan fingerprint density at radius 3 is 2.14 bits per heavy atom. The Balaban J connectivity index is 2.27. The highest BCUT2D eigenvalue weighted by atomic mass is 32.2. The average Bonchev–Trinajstić information content (AvgIpc) is 2.23. The van der Waals surface area contributed by atoms with Crippen LogP contribution in [0.5, 0.6) is 0 Å². The summed E-state index contributed by atoms with van der Waals surface area (Å²) in [5, 5.41) is 8.71. The summed E-state index contributed by atoms with van der Waals surface area (Å²) in [5.74, 6) is 0. The Labute approximate surface area is 128 Å². The quantitative estimate of drug-likeness (QED) is 0.899. The second-order valence-corrected chi connectivity index (χ2v) is 9.33. The monoisotopic (exact) mass is 310 g/mol. The van der Waals surface area contributed by atoms with Gasteiger partial charge < -0.3 is 5.32 Å². The van der Waals surface area contributed by atoms with E-state index in [1.165, 1.54) is 6.42 Å². The standard InChI is InChI=1S/C16H26N2O2S/c1-15(2)9-12(10-16(3,4)11-15)18-13-7-5-6-8-14(13)21(17,19)20/h5-8,12,18H,9-11H2,1-4H3,(H2,17,19,20). The van der Waals surface area contributed by atoms with Gasteiger partial charge in [0.1, 0.15) is 4.90 Å². The van der Waals surface area contributed by atoms with Crippen molar-refractivity contribution in [3.05, 3.63) is 24.3 Å². The number of nitrogens with two attached hydrogens (primary N) is 1. The summed E-state index contributed by atoms with van der Waals surface area (Å²) in [6.07, 6.45) is 3.22. The van der Waals surface area contributed by atoms with Gasteiger partial charge in [0, 0.05) is 6.04 Å². The van der Waals surface area contributed by atoms with Crippen LogP contribution < -0.4 is 10.5 Å². The van der Waals surface area contributed by atoms with Gasteiger partial charge in [-0.3, -0.25) is 0 Å². The van der Waals surface area contributed by atoms with Gasteiger partial charge in [0.15, 0.2) is 0 Å². The van der Waals surface area contributed by atoms with Gasteiger partial charge in [-0.05, 0) is 42.2 Å². The fraction of sp³-hybridized carbons (Fsp3) is 0.625. The van der Waals surface area contributed by atoms with Gasteiger partial charge >= 0.3 is 0 Å². The summed E-state index contributed by atoms with van der Waals surface area (Å²) in [7, 11) is -3.70. The van der Waals surface area contributed by atoms with Crippen molar-refractivity contribution in [3.63, 3.8) is 0 Å². The fourth-order valence-corrected chi connectivity index (χ4v) is 4.70. The van der Waals surface area contributed by atoms with Crippen LogP contribution in [0, 0.1) is 10.8 Å².